The smallest absolute Gasteiger partial charge is 0.466 e. The summed E-state index contributed by atoms with van der Waals surface area (Å²) in [5.74, 6) is -1.36. The van der Waals surface area contributed by atoms with Crippen LogP contribution in [0.5, 0.6) is 5.75 Å². The average Bonchev–Trinajstić information content (AvgIpc) is 2.96. The molecule has 2 aliphatic rings. The van der Waals surface area contributed by atoms with Gasteiger partial charge in [-0.1, -0.05) is 0 Å². The predicted octanol–water partition coefficient (Wildman–Crippen LogP) is 2.76. The van der Waals surface area contributed by atoms with E-state index in [1.54, 1.807) is 6.92 Å². The number of alkyl halides is 3. The van der Waals surface area contributed by atoms with Crippen molar-refractivity contribution < 1.29 is 32.6 Å². The lowest BCUT2D eigenvalue weighted by Crippen LogP contribution is -2.47. The maximum atomic E-state index is 12.8. The number of halogens is 3. The molecule has 10 heteroatoms. The fourth-order valence-electron chi connectivity index (χ4n) is 3.68. The van der Waals surface area contributed by atoms with E-state index in [2.05, 4.69) is 4.74 Å². The summed E-state index contributed by atoms with van der Waals surface area (Å²) in [5, 5.41) is 0. The molecule has 0 bridgehead atoms. The Morgan fingerprint density at radius 1 is 1.21 bits per heavy atom. The number of benzene rings is 1. The van der Waals surface area contributed by atoms with Crippen LogP contribution in [0.15, 0.2) is 24.3 Å². The van der Waals surface area contributed by atoms with Gasteiger partial charge in [-0.25, -0.2) is 4.90 Å². The van der Waals surface area contributed by atoms with Crippen LogP contribution in [0.4, 0.5) is 14.5 Å². The summed E-state index contributed by atoms with van der Waals surface area (Å²) < 4.78 is 34.7. The van der Waals surface area contributed by atoms with Gasteiger partial charge in [-0.15, -0.1) is 8.78 Å². The van der Waals surface area contributed by atoms with Gasteiger partial charge in [0.05, 0.1) is 30.7 Å². The number of rotatable bonds is 6. The van der Waals surface area contributed by atoms with Gasteiger partial charge in [-0.3, -0.25) is 19.3 Å². The molecule has 0 spiro atoms. The maximum Gasteiger partial charge on any atom is 0.487 e. The molecule has 0 aliphatic carbocycles. The lowest BCUT2D eigenvalue weighted by Gasteiger charge is -2.33. The van der Waals surface area contributed by atoms with Gasteiger partial charge >= 0.3 is 11.5 Å². The van der Waals surface area contributed by atoms with Crippen LogP contribution in [-0.2, 0) is 19.1 Å². The highest BCUT2D eigenvalue weighted by Crippen LogP contribution is 2.31. The fourth-order valence-corrected chi connectivity index (χ4v) is 3.77. The van der Waals surface area contributed by atoms with E-state index in [9.17, 15) is 23.2 Å². The summed E-state index contributed by atoms with van der Waals surface area (Å²) in [6.45, 7) is 3.11. The van der Waals surface area contributed by atoms with Crippen molar-refractivity contribution in [3.63, 3.8) is 0 Å². The minimum absolute atomic E-state index is 0.0287. The highest BCUT2D eigenvalue weighted by molar-refractivity contribution is 6.22. The Morgan fingerprint density at radius 3 is 2.38 bits per heavy atom. The van der Waals surface area contributed by atoms with Gasteiger partial charge in [-0.2, -0.15) is 0 Å². The molecule has 1 aromatic rings. The Bertz CT molecular complexity index is 776. The van der Waals surface area contributed by atoms with Crippen LogP contribution < -0.4 is 9.64 Å². The fraction of sp³-hybridized carbons (Fsp3) is 0.526. The van der Waals surface area contributed by atoms with Crippen molar-refractivity contribution in [2.24, 2.45) is 5.92 Å². The molecular formula is C19H21ClF2N2O5. The van der Waals surface area contributed by atoms with Crippen molar-refractivity contribution in [2.75, 3.05) is 24.6 Å². The van der Waals surface area contributed by atoms with Gasteiger partial charge in [0.15, 0.2) is 0 Å². The molecule has 2 saturated heterocycles. The minimum Gasteiger partial charge on any atom is -0.466 e. The molecule has 0 aromatic heterocycles. The van der Waals surface area contributed by atoms with Crippen molar-refractivity contribution >= 4 is 35.1 Å². The molecule has 0 unspecified atom stereocenters. The van der Waals surface area contributed by atoms with E-state index in [1.807, 2.05) is 4.90 Å². The number of carbonyl (C=O) groups excluding carboxylic acids is 3. The lowest BCUT2D eigenvalue weighted by atomic mass is 9.95. The molecule has 29 heavy (non-hydrogen) atoms. The molecule has 0 N–H and O–H groups in total. The monoisotopic (exact) mass is 430 g/mol. The zero-order chi connectivity index (χ0) is 21.2. The van der Waals surface area contributed by atoms with Gasteiger partial charge in [-0.05, 0) is 57.1 Å². The highest BCUT2D eigenvalue weighted by atomic mass is 35.5. The number of hydrogen-bond donors (Lipinski definition) is 0. The Labute approximate surface area is 171 Å². The van der Waals surface area contributed by atoms with Crippen LogP contribution in [0.3, 0.4) is 0 Å². The van der Waals surface area contributed by atoms with Crippen molar-refractivity contribution in [1.82, 2.24) is 4.90 Å². The molecule has 2 fully saturated rings. The number of anilines is 1. The maximum absolute atomic E-state index is 12.8. The molecule has 1 aromatic carbocycles. The second-order valence-electron chi connectivity index (χ2n) is 6.89. The van der Waals surface area contributed by atoms with Crippen molar-refractivity contribution in [3.05, 3.63) is 24.3 Å². The van der Waals surface area contributed by atoms with Gasteiger partial charge in [0, 0.05) is 11.6 Å². The Hall–Kier alpha value is -2.26. The van der Waals surface area contributed by atoms with Crippen LogP contribution in [0.25, 0.3) is 0 Å². The molecule has 2 heterocycles. The SMILES string of the molecule is CCOC(=O)C1CCN([C@H]2CC(=O)N(c3ccc(OC(F)(F)Cl)cc3)C2=O)CC1. The first-order chi connectivity index (χ1) is 13.7. The van der Waals surface area contributed by atoms with E-state index < -0.39 is 11.6 Å². The number of hydrogen-bond acceptors (Lipinski definition) is 6. The Kier molecular flexibility index (Phi) is 6.38. The number of likely N-dealkylation sites (tertiary alicyclic amines) is 1. The number of ether oxygens (including phenoxy) is 2. The summed E-state index contributed by atoms with van der Waals surface area (Å²) >= 11 is 4.72. The van der Waals surface area contributed by atoms with E-state index in [4.69, 9.17) is 16.3 Å². The van der Waals surface area contributed by atoms with Gasteiger partial charge in [0.25, 0.3) is 5.91 Å². The zero-order valence-electron chi connectivity index (χ0n) is 15.8. The van der Waals surface area contributed by atoms with Crippen LogP contribution in [-0.4, -0.2) is 54.0 Å². The molecule has 2 amide bonds. The molecular weight excluding hydrogens is 410 g/mol. The third-order valence-corrected chi connectivity index (χ3v) is 5.12. The molecule has 3 rings (SSSR count). The summed E-state index contributed by atoms with van der Waals surface area (Å²) in [5.41, 5.74) is -3.57. The van der Waals surface area contributed by atoms with Crippen LogP contribution in [0, 0.1) is 5.92 Å². The number of imide groups is 1. The highest BCUT2D eigenvalue weighted by Gasteiger charge is 2.44. The first-order valence-corrected chi connectivity index (χ1v) is 9.70. The second kappa shape index (κ2) is 8.62. The van der Waals surface area contributed by atoms with Crippen molar-refractivity contribution in [2.45, 2.75) is 37.8 Å². The summed E-state index contributed by atoms with van der Waals surface area (Å²) in [7, 11) is 0. The average molecular weight is 431 g/mol. The van der Waals surface area contributed by atoms with Gasteiger partial charge in [0.1, 0.15) is 5.75 Å². The largest absolute Gasteiger partial charge is 0.487 e. The Balaban J connectivity index is 1.64. The van der Waals surface area contributed by atoms with Gasteiger partial charge < -0.3 is 9.47 Å². The van der Waals surface area contributed by atoms with E-state index in [1.165, 1.54) is 24.3 Å². The number of nitrogens with zero attached hydrogens (tertiary/aromatic N) is 2. The van der Waals surface area contributed by atoms with Crippen LogP contribution >= 0.6 is 11.6 Å². The molecule has 158 valence electrons. The minimum atomic E-state index is -3.85. The number of piperidine rings is 1. The standard InChI is InChI=1S/C19H21ClF2N2O5/c1-2-28-18(27)12-7-9-23(10-8-12)15-11-16(25)24(17(15)26)13-3-5-14(6-4-13)29-19(20,21)22/h3-6,12,15H,2,7-11H2,1H3/t15-/m0/s1. The Morgan fingerprint density at radius 2 is 1.83 bits per heavy atom. The third-order valence-electron chi connectivity index (χ3n) is 5.04. The number of amides is 2. The van der Waals surface area contributed by atoms with E-state index in [0.717, 1.165) is 4.90 Å². The molecule has 0 saturated carbocycles. The van der Waals surface area contributed by atoms with Gasteiger partial charge in [0.2, 0.25) is 5.91 Å². The second-order valence-corrected chi connectivity index (χ2v) is 7.33. The van der Waals surface area contributed by atoms with E-state index >= 15 is 0 Å². The third kappa shape index (κ3) is 5.02. The van der Waals surface area contributed by atoms with Crippen LogP contribution in [0.1, 0.15) is 26.2 Å². The normalized spacial score (nSPS) is 21.5. The summed E-state index contributed by atoms with van der Waals surface area (Å²) in [6, 6.07) is 4.52. The first kappa shape index (κ1) is 21.4. The van der Waals surface area contributed by atoms with Crippen molar-refractivity contribution in [3.8, 4) is 5.75 Å². The zero-order valence-corrected chi connectivity index (χ0v) is 16.5. The number of esters is 1. The molecule has 0 radical (unpaired) electrons. The van der Waals surface area contributed by atoms with E-state index in [0.29, 0.717) is 32.5 Å². The molecule has 7 nitrogen and oxygen atoms in total. The number of carbonyl (C=O) groups is 3. The van der Waals surface area contributed by atoms with Crippen molar-refractivity contribution in [1.29, 1.82) is 0 Å². The first-order valence-electron chi connectivity index (χ1n) is 9.33. The van der Waals surface area contributed by atoms with E-state index in [-0.39, 0.29) is 41.6 Å². The topological polar surface area (TPSA) is 76.2 Å². The summed E-state index contributed by atoms with van der Waals surface area (Å²) in [6.07, 6.45) is 1.16. The molecule has 2 aliphatic heterocycles. The van der Waals surface area contributed by atoms with Crippen LogP contribution in [0.2, 0.25) is 0 Å². The quantitative estimate of drug-likeness (QED) is 0.392. The lowest BCUT2D eigenvalue weighted by molar-refractivity contribution is -0.149. The predicted molar refractivity (Wildman–Crippen MR) is 99.7 cm³/mol. The molecule has 1 atom stereocenters. The summed E-state index contributed by atoms with van der Waals surface area (Å²) in [4.78, 5) is 40.1.